The number of rotatable bonds is 10. The van der Waals surface area contributed by atoms with E-state index < -0.39 is 0 Å². The molecule has 14 heteroatoms. The molecule has 0 N–H and O–H groups in total. The molecule has 0 aliphatic rings. The minimum Gasteiger partial charge on any atom is -0.305 e. The summed E-state index contributed by atoms with van der Waals surface area (Å²) in [5.41, 5.74) is 28.8. The number of halogens is 1. The number of benzene rings is 10. The van der Waals surface area contributed by atoms with E-state index in [-0.39, 0.29) is 126 Å². The maximum Gasteiger partial charge on any atom is 0.187 e. The summed E-state index contributed by atoms with van der Waals surface area (Å²) in [6.45, 7) is 21.3. The summed E-state index contributed by atoms with van der Waals surface area (Å²) in [4.78, 5) is 29.8. The van der Waals surface area contributed by atoms with Gasteiger partial charge in [-0.05, 0) is 132 Å². The third-order valence-corrected chi connectivity index (χ3v) is 16.7. The van der Waals surface area contributed by atoms with Crippen molar-refractivity contribution in [2.75, 3.05) is 0 Å². The zero-order chi connectivity index (χ0) is 73.8. The van der Waals surface area contributed by atoms with E-state index in [0.717, 1.165) is 95.4 Å². The van der Waals surface area contributed by atoms with Crippen molar-refractivity contribution in [3.63, 3.8) is 0 Å². The fraction of sp³-hybridized carbons (Fsp3) is 0.0714. The second-order valence-corrected chi connectivity index (χ2v) is 25.2. The molecular formula is C98H76FIr6N7-6. The molecule has 7 nitrogen and oxygen atoms in total. The van der Waals surface area contributed by atoms with Crippen LogP contribution < -0.4 is 0 Å². The Balaban J connectivity index is 0.000000239. The van der Waals surface area contributed by atoms with Gasteiger partial charge in [0, 0.05) is 164 Å². The predicted octanol–water partition coefficient (Wildman–Crippen LogP) is 24.8. The summed E-state index contributed by atoms with van der Waals surface area (Å²) in [6.07, 6.45) is 11.1. The van der Waals surface area contributed by atoms with Crippen LogP contribution in [0, 0.1) is 97.3 Å². The normalized spacial score (nSPS) is 9.71. The summed E-state index contributed by atoms with van der Waals surface area (Å²) >= 11 is 0. The van der Waals surface area contributed by atoms with Crippen molar-refractivity contribution in [1.29, 1.82) is 0 Å². The van der Waals surface area contributed by atoms with E-state index in [1.165, 1.54) is 56.1 Å². The van der Waals surface area contributed by atoms with Gasteiger partial charge in [0.2, 0.25) is 0 Å². The number of hydrogen-bond acceptors (Lipinski definition) is 6. The van der Waals surface area contributed by atoms with Crippen LogP contribution >= 0.6 is 0 Å². The van der Waals surface area contributed by atoms with Gasteiger partial charge in [-0.15, -0.1) is 201 Å². The molecular weight excluding hydrogens is 2450 g/mol. The van der Waals surface area contributed by atoms with Crippen LogP contribution in [0.15, 0.2) is 334 Å². The Labute approximate surface area is 740 Å². The monoisotopic (exact) mass is 2530 g/mol. The molecule has 0 aliphatic heterocycles. The number of nitrogens with zero attached hydrogens (tertiary/aromatic N) is 7. The Morgan fingerprint density at radius 2 is 0.598 bits per heavy atom. The number of pyridine rings is 6. The quantitative estimate of drug-likeness (QED) is 0.127. The topological polar surface area (TPSA) is 81.7 Å². The zero-order valence-electron chi connectivity index (χ0n) is 62.3. The van der Waals surface area contributed by atoms with Gasteiger partial charge in [-0.3, -0.25) is 4.39 Å². The number of aromatic nitrogens is 6. The molecule has 10 aromatic carbocycles. The van der Waals surface area contributed by atoms with Crippen molar-refractivity contribution < 1.29 is 125 Å². The minimum atomic E-state index is -0.271. The molecule has 6 aromatic heterocycles. The maximum atomic E-state index is 14.0. The Bertz CT molecular complexity index is 5470. The van der Waals surface area contributed by atoms with Gasteiger partial charge in [0.15, 0.2) is 5.69 Å². The van der Waals surface area contributed by atoms with Gasteiger partial charge in [-0.2, -0.15) is 0 Å². The van der Waals surface area contributed by atoms with E-state index in [1.54, 1.807) is 12.3 Å². The van der Waals surface area contributed by atoms with Crippen LogP contribution in [0.25, 0.3) is 117 Å². The maximum absolute atomic E-state index is 14.0. The van der Waals surface area contributed by atoms with Crippen molar-refractivity contribution in [3.8, 4) is 112 Å². The minimum absolute atomic E-state index is 0. The van der Waals surface area contributed by atoms with Crippen molar-refractivity contribution in [2.24, 2.45) is 0 Å². The van der Waals surface area contributed by atoms with Gasteiger partial charge in [-0.1, -0.05) is 200 Å². The first kappa shape index (κ1) is 93.0. The molecule has 0 aliphatic carbocycles. The van der Waals surface area contributed by atoms with Gasteiger partial charge in [0.1, 0.15) is 0 Å². The van der Waals surface area contributed by atoms with Gasteiger partial charge in [0.05, 0.1) is 6.57 Å². The molecule has 16 aromatic rings. The molecule has 0 amide bonds. The molecule has 0 saturated carbocycles. The van der Waals surface area contributed by atoms with Crippen LogP contribution in [0.4, 0.5) is 10.1 Å². The largest absolute Gasteiger partial charge is 0.305 e. The van der Waals surface area contributed by atoms with Gasteiger partial charge >= 0.3 is 0 Å². The van der Waals surface area contributed by atoms with Crippen LogP contribution in [0.1, 0.15) is 38.9 Å². The Hall–Kier alpha value is -9.58. The van der Waals surface area contributed by atoms with Crippen LogP contribution in [-0.4, -0.2) is 29.9 Å². The molecule has 570 valence electrons. The van der Waals surface area contributed by atoms with E-state index in [1.807, 2.05) is 242 Å². The first-order valence-electron chi connectivity index (χ1n) is 34.7. The van der Waals surface area contributed by atoms with Crippen molar-refractivity contribution >= 4 is 5.69 Å². The standard InChI is InChI=1S/C19H13N2.C18H13FN.2C18H14N.C13H12N.C12H10N.6Ir/c1-14-6-11-19(21-13-14)17-5-3-4-16(12-17)15-7-9-18(20-2)10-8-15;1-13-7-10-18(20-12-13)15-8-9-17(19)16(11-15)14-5-3-2-4-6-14;1-14-10-11-18(19-13-14)17-9-5-8-16(12-17)15-6-3-2-4-7-15;1-14-10-11-19-18(12-14)17-9-5-8-16(13-17)15-6-3-2-4-7-15;1-10-4-3-5-12(8-10)13-7-6-11(2)9-14-13;1-10-7-8-12(13-9-10)11-5-3-2-4-6-11;;;;;;/h3-4,6-13H,1H3;2-7,9-12H,1H3;2*2-8,10-13H,1H3;3-4,6-9H,1-2H3;2-5,7-9H,1H3;;;;;;/q6*-1;;;;;;. The third kappa shape index (κ3) is 28.3. The molecule has 0 bridgehead atoms. The molecule has 0 atom stereocenters. The molecule has 112 heavy (non-hydrogen) atoms. The second-order valence-electron chi connectivity index (χ2n) is 25.2. The van der Waals surface area contributed by atoms with Gasteiger partial charge in [0.25, 0.3) is 0 Å². The summed E-state index contributed by atoms with van der Waals surface area (Å²) < 4.78 is 14.0. The number of hydrogen-bond donors (Lipinski definition) is 0. The first-order valence-corrected chi connectivity index (χ1v) is 34.7. The summed E-state index contributed by atoms with van der Waals surface area (Å²) in [6, 6.07) is 117. The van der Waals surface area contributed by atoms with Crippen LogP contribution in [0.2, 0.25) is 0 Å². The first-order chi connectivity index (χ1) is 51.8. The number of aryl methyl sites for hydroxylation is 7. The fourth-order valence-electron chi connectivity index (χ4n) is 10.9. The SMILES string of the molecule is Cc1ccc(-c2[c-]cc(F)c(-c3ccccc3)c2)nc1.Cc1ccc(-c2[c-]ccc(-c3ccccc3)c2)nc1.Cc1ccc(-c2[c-]ccc(C)c2)nc1.Cc1ccc(-c2[c-]cccc2)nc1.Cc1ccnc(-c2[c-]ccc(-c3ccccc3)c2)c1.[C-]#[N+]c1ccc(-c2cc[c-]c(-c3ccc(C)cn3)c2)cc1.[Ir].[Ir].[Ir].[Ir].[Ir].[Ir]. The van der Waals surface area contributed by atoms with Gasteiger partial charge < -0.3 is 29.9 Å². The molecule has 6 radical (unpaired) electrons. The Morgan fingerprint density at radius 3 is 0.964 bits per heavy atom. The average molecular weight is 2520 g/mol. The van der Waals surface area contributed by atoms with E-state index in [9.17, 15) is 4.39 Å². The fourth-order valence-corrected chi connectivity index (χ4v) is 10.9. The summed E-state index contributed by atoms with van der Waals surface area (Å²) in [5, 5.41) is 0. The van der Waals surface area contributed by atoms with E-state index >= 15 is 0 Å². The predicted molar refractivity (Wildman–Crippen MR) is 432 cm³/mol. The third-order valence-electron chi connectivity index (χ3n) is 16.7. The molecule has 0 saturated heterocycles. The summed E-state index contributed by atoms with van der Waals surface area (Å²) in [5.74, 6) is -0.271. The molecule has 16 rings (SSSR count). The van der Waals surface area contributed by atoms with E-state index in [2.05, 4.69) is 194 Å². The average Bonchev–Trinajstić information content (AvgIpc) is 0.827. The van der Waals surface area contributed by atoms with Crippen LogP contribution in [-0.2, 0) is 121 Å². The Kier molecular flexibility index (Phi) is 40.2. The van der Waals surface area contributed by atoms with Crippen LogP contribution in [0.3, 0.4) is 0 Å². The molecule has 0 unspecified atom stereocenters. The molecule has 6 heterocycles. The second kappa shape index (κ2) is 48.4. The van der Waals surface area contributed by atoms with Crippen molar-refractivity contribution in [3.05, 3.63) is 427 Å². The van der Waals surface area contributed by atoms with E-state index in [0.29, 0.717) is 11.3 Å². The molecule has 0 fully saturated rings. The summed E-state index contributed by atoms with van der Waals surface area (Å²) in [7, 11) is 0. The zero-order valence-corrected chi connectivity index (χ0v) is 76.6. The van der Waals surface area contributed by atoms with Crippen molar-refractivity contribution in [2.45, 2.75) is 48.5 Å². The van der Waals surface area contributed by atoms with E-state index in [4.69, 9.17) is 6.57 Å². The molecule has 0 spiro atoms. The Morgan fingerprint density at radius 1 is 0.259 bits per heavy atom. The van der Waals surface area contributed by atoms with Crippen molar-refractivity contribution in [1.82, 2.24) is 29.9 Å². The smallest absolute Gasteiger partial charge is 0.187 e. The van der Waals surface area contributed by atoms with Gasteiger partial charge in [-0.25, -0.2) is 4.85 Å². The van der Waals surface area contributed by atoms with Crippen LogP contribution in [0.5, 0.6) is 0 Å².